The summed E-state index contributed by atoms with van der Waals surface area (Å²) in [7, 11) is 0. The Balaban J connectivity index is 2.58. The fourth-order valence-electron chi connectivity index (χ4n) is 0.915. The number of hydrogen-bond acceptors (Lipinski definition) is 4. The SMILES string of the molecule is O=C(NCC(O)CO)c1cnccc1Cl. The van der Waals surface area contributed by atoms with Crippen molar-refractivity contribution < 1.29 is 15.0 Å². The molecule has 0 saturated heterocycles. The third-order valence-electron chi connectivity index (χ3n) is 1.72. The van der Waals surface area contributed by atoms with E-state index in [0.29, 0.717) is 5.02 Å². The number of pyridine rings is 1. The molecule has 0 aliphatic rings. The summed E-state index contributed by atoms with van der Waals surface area (Å²) in [5.41, 5.74) is 0.240. The number of hydrogen-bond donors (Lipinski definition) is 3. The van der Waals surface area contributed by atoms with Crippen molar-refractivity contribution in [2.45, 2.75) is 6.10 Å². The number of nitrogens with zero attached hydrogens (tertiary/aromatic N) is 1. The first-order valence-corrected chi connectivity index (χ1v) is 4.69. The molecule has 3 N–H and O–H groups in total. The fraction of sp³-hybridized carbons (Fsp3) is 0.333. The van der Waals surface area contributed by atoms with Crippen LogP contribution >= 0.6 is 11.6 Å². The molecule has 6 heteroatoms. The second-order valence-electron chi connectivity index (χ2n) is 2.90. The highest BCUT2D eigenvalue weighted by Gasteiger charge is 2.11. The monoisotopic (exact) mass is 230 g/mol. The molecule has 1 atom stereocenters. The molecule has 5 nitrogen and oxygen atoms in total. The van der Waals surface area contributed by atoms with Gasteiger partial charge in [-0.3, -0.25) is 9.78 Å². The van der Waals surface area contributed by atoms with Crippen LogP contribution in [0.15, 0.2) is 18.5 Å². The largest absolute Gasteiger partial charge is 0.394 e. The van der Waals surface area contributed by atoms with Gasteiger partial charge in [-0.15, -0.1) is 0 Å². The van der Waals surface area contributed by atoms with Crippen LogP contribution in [-0.4, -0.2) is 40.4 Å². The summed E-state index contributed by atoms with van der Waals surface area (Å²) in [5.74, 6) is -0.430. The lowest BCUT2D eigenvalue weighted by Crippen LogP contribution is -2.34. The van der Waals surface area contributed by atoms with Crippen LogP contribution in [0, 0.1) is 0 Å². The molecule has 0 saturated carbocycles. The van der Waals surface area contributed by atoms with E-state index in [9.17, 15) is 4.79 Å². The summed E-state index contributed by atoms with van der Waals surface area (Å²) < 4.78 is 0. The van der Waals surface area contributed by atoms with Gasteiger partial charge >= 0.3 is 0 Å². The maximum atomic E-state index is 11.5. The summed E-state index contributed by atoms with van der Waals surface area (Å²) in [6, 6.07) is 1.50. The summed E-state index contributed by atoms with van der Waals surface area (Å²) in [4.78, 5) is 15.2. The highest BCUT2D eigenvalue weighted by Crippen LogP contribution is 2.12. The van der Waals surface area contributed by atoms with E-state index in [1.165, 1.54) is 18.5 Å². The summed E-state index contributed by atoms with van der Waals surface area (Å²) in [5, 5.41) is 20.3. The highest BCUT2D eigenvalue weighted by molar-refractivity contribution is 6.33. The molecule has 1 aromatic heterocycles. The second-order valence-corrected chi connectivity index (χ2v) is 3.31. The number of carbonyl (C=O) groups excluding carboxylic acids is 1. The smallest absolute Gasteiger partial charge is 0.254 e. The predicted octanol–water partition coefficient (Wildman–Crippen LogP) is -0.182. The molecule has 15 heavy (non-hydrogen) atoms. The topological polar surface area (TPSA) is 82.5 Å². The quantitative estimate of drug-likeness (QED) is 0.670. The van der Waals surface area contributed by atoms with E-state index in [1.54, 1.807) is 0 Å². The normalized spacial score (nSPS) is 12.2. The van der Waals surface area contributed by atoms with Gasteiger partial charge in [-0.25, -0.2) is 0 Å². The third-order valence-corrected chi connectivity index (χ3v) is 2.05. The van der Waals surface area contributed by atoms with Crippen molar-refractivity contribution >= 4 is 17.5 Å². The second kappa shape index (κ2) is 5.65. The summed E-state index contributed by atoms with van der Waals surface area (Å²) in [6.07, 6.45) is 1.84. The van der Waals surface area contributed by atoms with Gasteiger partial charge in [0.25, 0.3) is 5.91 Å². The van der Waals surface area contributed by atoms with E-state index in [0.717, 1.165) is 0 Å². The fourth-order valence-corrected chi connectivity index (χ4v) is 1.11. The Morgan fingerprint density at radius 1 is 1.67 bits per heavy atom. The summed E-state index contributed by atoms with van der Waals surface area (Å²) >= 11 is 5.76. The van der Waals surface area contributed by atoms with Crippen molar-refractivity contribution in [3.05, 3.63) is 29.0 Å². The van der Waals surface area contributed by atoms with Crippen molar-refractivity contribution in [2.24, 2.45) is 0 Å². The van der Waals surface area contributed by atoms with Crippen LogP contribution < -0.4 is 5.32 Å². The van der Waals surface area contributed by atoms with Gasteiger partial charge in [0.15, 0.2) is 0 Å². The molecule has 0 fully saturated rings. The Kier molecular flexibility index (Phi) is 4.48. The number of nitrogens with one attached hydrogen (secondary N) is 1. The average Bonchev–Trinajstić information content (AvgIpc) is 2.26. The predicted molar refractivity (Wildman–Crippen MR) is 54.7 cm³/mol. The zero-order chi connectivity index (χ0) is 11.3. The number of carbonyl (C=O) groups is 1. The minimum atomic E-state index is -0.968. The van der Waals surface area contributed by atoms with Crippen molar-refractivity contribution in [3.8, 4) is 0 Å². The average molecular weight is 231 g/mol. The van der Waals surface area contributed by atoms with E-state index < -0.39 is 18.6 Å². The molecular formula is C9H11ClN2O3. The van der Waals surface area contributed by atoms with Gasteiger partial charge in [0, 0.05) is 18.9 Å². The lowest BCUT2D eigenvalue weighted by atomic mass is 10.2. The highest BCUT2D eigenvalue weighted by atomic mass is 35.5. The lowest BCUT2D eigenvalue weighted by molar-refractivity contribution is 0.0802. The van der Waals surface area contributed by atoms with Gasteiger partial charge < -0.3 is 15.5 Å². The number of aliphatic hydroxyl groups is 2. The first-order chi connectivity index (χ1) is 7.15. The Hall–Kier alpha value is -1.17. The molecule has 1 heterocycles. The molecule has 1 rings (SSSR count). The van der Waals surface area contributed by atoms with Crippen molar-refractivity contribution in [1.82, 2.24) is 10.3 Å². The van der Waals surface area contributed by atoms with E-state index in [2.05, 4.69) is 10.3 Å². The maximum Gasteiger partial charge on any atom is 0.254 e. The third kappa shape index (κ3) is 3.47. The van der Waals surface area contributed by atoms with Crippen molar-refractivity contribution in [3.63, 3.8) is 0 Å². The minimum absolute atomic E-state index is 0.0272. The number of aromatic nitrogens is 1. The van der Waals surface area contributed by atoms with Crippen molar-refractivity contribution in [2.75, 3.05) is 13.2 Å². The lowest BCUT2D eigenvalue weighted by Gasteiger charge is -2.09. The standard InChI is InChI=1S/C9H11ClN2O3/c10-8-1-2-11-4-7(8)9(15)12-3-6(14)5-13/h1-2,4,6,13-14H,3,5H2,(H,12,15). The Bertz CT molecular complexity index is 346. The molecule has 0 aliphatic carbocycles. The molecule has 1 unspecified atom stereocenters. The van der Waals surface area contributed by atoms with E-state index >= 15 is 0 Å². The van der Waals surface area contributed by atoms with Crippen molar-refractivity contribution in [1.29, 1.82) is 0 Å². The molecule has 1 amide bonds. The zero-order valence-corrected chi connectivity index (χ0v) is 8.61. The van der Waals surface area contributed by atoms with Crippen LogP contribution in [0.5, 0.6) is 0 Å². The van der Waals surface area contributed by atoms with Gasteiger partial charge in [0.05, 0.1) is 23.3 Å². The van der Waals surface area contributed by atoms with E-state index in [-0.39, 0.29) is 12.1 Å². The molecule has 0 radical (unpaired) electrons. The Labute approximate surface area is 91.7 Å². The van der Waals surface area contributed by atoms with Gasteiger partial charge in [0.1, 0.15) is 0 Å². The number of rotatable bonds is 4. The maximum absolute atomic E-state index is 11.5. The van der Waals surface area contributed by atoms with E-state index in [1.807, 2.05) is 0 Å². The molecule has 1 aromatic rings. The van der Waals surface area contributed by atoms with E-state index in [4.69, 9.17) is 21.8 Å². The summed E-state index contributed by atoms with van der Waals surface area (Å²) in [6.45, 7) is -0.429. The minimum Gasteiger partial charge on any atom is -0.394 e. The number of halogens is 1. The van der Waals surface area contributed by atoms with Crippen LogP contribution in [0.4, 0.5) is 0 Å². The first-order valence-electron chi connectivity index (χ1n) is 4.31. The first kappa shape index (κ1) is 11.9. The van der Waals surface area contributed by atoms with Crippen LogP contribution in [0.25, 0.3) is 0 Å². The molecule has 0 bridgehead atoms. The van der Waals surface area contributed by atoms with Crippen LogP contribution in [0.3, 0.4) is 0 Å². The van der Waals surface area contributed by atoms with Crippen LogP contribution in [-0.2, 0) is 0 Å². The molecular weight excluding hydrogens is 220 g/mol. The Morgan fingerprint density at radius 2 is 2.40 bits per heavy atom. The van der Waals surface area contributed by atoms with Gasteiger partial charge in [-0.05, 0) is 6.07 Å². The van der Waals surface area contributed by atoms with Crippen LogP contribution in [0.1, 0.15) is 10.4 Å². The van der Waals surface area contributed by atoms with Gasteiger partial charge in [0.2, 0.25) is 0 Å². The van der Waals surface area contributed by atoms with Crippen LogP contribution in [0.2, 0.25) is 5.02 Å². The molecule has 82 valence electrons. The zero-order valence-electron chi connectivity index (χ0n) is 7.85. The molecule has 0 aromatic carbocycles. The number of aliphatic hydroxyl groups excluding tert-OH is 2. The Morgan fingerprint density at radius 3 is 3.00 bits per heavy atom. The molecule has 0 aliphatic heterocycles. The van der Waals surface area contributed by atoms with Gasteiger partial charge in [-0.2, -0.15) is 0 Å². The number of amides is 1. The molecule has 0 spiro atoms. The van der Waals surface area contributed by atoms with Gasteiger partial charge in [-0.1, -0.05) is 11.6 Å².